The van der Waals surface area contributed by atoms with Gasteiger partial charge in [-0.1, -0.05) is 0 Å². The van der Waals surface area contributed by atoms with Crippen LogP contribution in [0.1, 0.15) is 5.76 Å². The fourth-order valence-electron chi connectivity index (χ4n) is 0.846. The van der Waals surface area contributed by atoms with Crippen molar-refractivity contribution in [3.8, 4) is 0 Å². The third-order valence-electron chi connectivity index (χ3n) is 1.47. The molecule has 0 aliphatic heterocycles. The Kier molecular flexibility index (Phi) is 4.54. The van der Waals surface area contributed by atoms with Crippen LogP contribution < -0.4 is 10.6 Å². The molecule has 2 amide bonds. The minimum absolute atomic E-state index is 0.153. The van der Waals surface area contributed by atoms with Crippen LogP contribution in [0.15, 0.2) is 21.2 Å². The van der Waals surface area contributed by atoms with Gasteiger partial charge in [0.25, 0.3) is 6.43 Å². The number of hydrogen-bond acceptors (Lipinski definition) is 2. The summed E-state index contributed by atoms with van der Waals surface area (Å²) >= 11 is 3.09. The molecule has 0 spiro atoms. The van der Waals surface area contributed by atoms with E-state index in [0.717, 1.165) is 0 Å². The summed E-state index contributed by atoms with van der Waals surface area (Å²) in [6, 6.07) is 2.69. The summed E-state index contributed by atoms with van der Waals surface area (Å²) in [5.74, 6) is 0.536. The number of urea groups is 1. The Morgan fingerprint density at radius 3 is 2.73 bits per heavy atom. The summed E-state index contributed by atoms with van der Waals surface area (Å²) in [7, 11) is 0. The van der Waals surface area contributed by atoms with E-state index in [0.29, 0.717) is 10.4 Å². The van der Waals surface area contributed by atoms with Crippen molar-refractivity contribution >= 4 is 22.0 Å². The normalized spacial score (nSPS) is 10.4. The zero-order valence-electron chi connectivity index (χ0n) is 7.60. The number of carbonyl (C=O) groups is 1. The van der Waals surface area contributed by atoms with E-state index in [-0.39, 0.29) is 6.54 Å². The number of furan rings is 1. The Morgan fingerprint density at radius 2 is 2.20 bits per heavy atom. The smallest absolute Gasteiger partial charge is 0.315 e. The molecule has 0 atom stereocenters. The average molecular weight is 283 g/mol. The second kappa shape index (κ2) is 5.69. The maximum absolute atomic E-state index is 11.7. The first-order chi connectivity index (χ1) is 7.08. The van der Waals surface area contributed by atoms with Crippen molar-refractivity contribution in [1.82, 2.24) is 10.6 Å². The van der Waals surface area contributed by atoms with Crippen LogP contribution in [0.25, 0.3) is 0 Å². The predicted molar refractivity (Wildman–Crippen MR) is 52.7 cm³/mol. The number of hydrogen-bond donors (Lipinski definition) is 2. The van der Waals surface area contributed by atoms with Gasteiger partial charge in [0.2, 0.25) is 0 Å². The van der Waals surface area contributed by atoms with Gasteiger partial charge in [0.1, 0.15) is 5.76 Å². The summed E-state index contributed by atoms with van der Waals surface area (Å²) in [4.78, 5) is 10.9. The Bertz CT molecular complexity index is 330. The molecule has 1 rings (SSSR count). The summed E-state index contributed by atoms with van der Waals surface area (Å²) in [5.41, 5.74) is 0. The molecule has 84 valence electrons. The molecule has 7 heteroatoms. The van der Waals surface area contributed by atoms with Gasteiger partial charge in [-0.15, -0.1) is 0 Å². The van der Waals surface area contributed by atoms with Crippen LogP contribution in [0.4, 0.5) is 13.6 Å². The van der Waals surface area contributed by atoms with Crippen molar-refractivity contribution in [3.05, 3.63) is 22.6 Å². The monoisotopic (exact) mass is 282 g/mol. The highest BCUT2D eigenvalue weighted by Gasteiger charge is 2.06. The van der Waals surface area contributed by atoms with E-state index < -0.39 is 19.0 Å². The summed E-state index contributed by atoms with van der Waals surface area (Å²) in [6.45, 7) is -0.506. The molecule has 0 saturated carbocycles. The fraction of sp³-hybridized carbons (Fsp3) is 0.375. The van der Waals surface area contributed by atoms with Gasteiger partial charge in [0.15, 0.2) is 4.67 Å². The molecule has 0 aliphatic carbocycles. The fourth-order valence-corrected chi connectivity index (χ4v) is 1.19. The molecule has 15 heavy (non-hydrogen) atoms. The first kappa shape index (κ1) is 12.0. The summed E-state index contributed by atoms with van der Waals surface area (Å²) in [5, 5.41) is 4.38. The third-order valence-corrected chi connectivity index (χ3v) is 1.90. The maximum atomic E-state index is 11.7. The maximum Gasteiger partial charge on any atom is 0.315 e. The van der Waals surface area contributed by atoms with Crippen molar-refractivity contribution < 1.29 is 18.0 Å². The minimum atomic E-state index is -2.55. The first-order valence-corrected chi connectivity index (χ1v) is 4.91. The molecule has 0 unspecified atom stereocenters. The molecule has 0 fully saturated rings. The van der Waals surface area contributed by atoms with E-state index in [1.54, 1.807) is 12.1 Å². The third kappa shape index (κ3) is 4.78. The second-order valence-corrected chi connectivity index (χ2v) is 3.44. The average Bonchev–Trinajstić information content (AvgIpc) is 2.58. The Balaban J connectivity index is 2.22. The molecule has 4 nitrogen and oxygen atoms in total. The van der Waals surface area contributed by atoms with Gasteiger partial charge in [-0.25, -0.2) is 13.6 Å². The Morgan fingerprint density at radius 1 is 1.47 bits per heavy atom. The lowest BCUT2D eigenvalue weighted by atomic mass is 10.4. The van der Waals surface area contributed by atoms with Crippen molar-refractivity contribution in [1.29, 1.82) is 0 Å². The van der Waals surface area contributed by atoms with E-state index in [4.69, 9.17) is 4.42 Å². The number of alkyl halides is 2. The quantitative estimate of drug-likeness (QED) is 0.889. The molecule has 0 radical (unpaired) electrons. The Hall–Kier alpha value is -1.11. The van der Waals surface area contributed by atoms with Gasteiger partial charge < -0.3 is 15.1 Å². The van der Waals surface area contributed by atoms with Crippen LogP contribution in [0.2, 0.25) is 0 Å². The van der Waals surface area contributed by atoms with E-state index >= 15 is 0 Å². The second-order valence-electron chi connectivity index (χ2n) is 2.66. The lowest BCUT2D eigenvalue weighted by Crippen LogP contribution is -2.37. The highest BCUT2D eigenvalue weighted by molar-refractivity contribution is 9.10. The van der Waals surface area contributed by atoms with Gasteiger partial charge in [-0.3, -0.25) is 0 Å². The predicted octanol–water partition coefficient (Wildman–Crippen LogP) is 2.11. The van der Waals surface area contributed by atoms with Gasteiger partial charge in [-0.2, -0.15) is 0 Å². The molecule has 1 aromatic heterocycles. The standard InChI is InChI=1S/C8H9BrF2N2O2/c9-6-2-1-5(15-6)3-12-8(14)13-4-7(10)11/h1-2,7H,3-4H2,(H2,12,13,14). The molecule has 1 aromatic rings. The lowest BCUT2D eigenvalue weighted by Gasteiger charge is -2.05. The van der Waals surface area contributed by atoms with Crippen LogP contribution in [-0.4, -0.2) is 19.0 Å². The van der Waals surface area contributed by atoms with E-state index in [1.165, 1.54) is 0 Å². The number of carbonyl (C=O) groups excluding carboxylic acids is 1. The molecule has 1 heterocycles. The summed E-state index contributed by atoms with van der Waals surface area (Å²) in [6.07, 6.45) is -2.55. The molecule has 0 bridgehead atoms. The van der Waals surface area contributed by atoms with Gasteiger partial charge in [0, 0.05) is 0 Å². The van der Waals surface area contributed by atoms with Crippen LogP contribution in [0.3, 0.4) is 0 Å². The zero-order valence-corrected chi connectivity index (χ0v) is 9.18. The highest BCUT2D eigenvalue weighted by Crippen LogP contribution is 2.13. The van der Waals surface area contributed by atoms with Crippen molar-refractivity contribution in [2.24, 2.45) is 0 Å². The minimum Gasteiger partial charge on any atom is -0.452 e. The number of halogens is 3. The first-order valence-electron chi connectivity index (χ1n) is 4.12. The van der Waals surface area contributed by atoms with Crippen LogP contribution >= 0.6 is 15.9 Å². The SMILES string of the molecule is O=C(NCc1ccc(Br)o1)NCC(F)F. The molecular formula is C8H9BrF2N2O2. The van der Waals surface area contributed by atoms with Gasteiger partial charge in [-0.05, 0) is 28.1 Å². The molecule has 2 N–H and O–H groups in total. The number of nitrogens with one attached hydrogen (secondary N) is 2. The molecule has 0 aliphatic rings. The zero-order chi connectivity index (χ0) is 11.3. The molecular weight excluding hydrogens is 274 g/mol. The largest absolute Gasteiger partial charge is 0.452 e. The van der Waals surface area contributed by atoms with E-state index in [9.17, 15) is 13.6 Å². The molecule has 0 saturated heterocycles. The number of rotatable bonds is 4. The van der Waals surface area contributed by atoms with Crippen molar-refractivity contribution in [3.63, 3.8) is 0 Å². The Labute approximate surface area is 93.1 Å². The van der Waals surface area contributed by atoms with Crippen LogP contribution in [-0.2, 0) is 6.54 Å². The van der Waals surface area contributed by atoms with E-state index in [1.807, 2.05) is 5.32 Å². The number of amides is 2. The topological polar surface area (TPSA) is 54.3 Å². The molecule has 0 aromatic carbocycles. The highest BCUT2D eigenvalue weighted by atomic mass is 79.9. The van der Waals surface area contributed by atoms with Crippen LogP contribution in [0, 0.1) is 0 Å². The van der Waals surface area contributed by atoms with Crippen LogP contribution in [0.5, 0.6) is 0 Å². The van der Waals surface area contributed by atoms with Gasteiger partial charge in [0.05, 0.1) is 13.1 Å². The van der Waals surface area contributed by atoms with Crippen molar-refractivity contribution in [2.45, 2.75) is 13.0 Å². The summed E-state index contributed by atoms with van der Waals surface area (Å²) < 4.78 is 29.0. The van der Waals surface area contributed by atoms with E-state index in [2.05, 4.69) is 21.2 Å². The van der Waals surface area contributed by atoms with Crippen molar-refractivity contribution in [2.75, 3.05) is 6.54 Å². The van der Waals surface area contributed by atoms with Gasteiger partial charge >= 0.3 is 6.03 Å². The lowest BCUT2D eigenvalue weighted by molar-refractivity contribution is 0.146.